The Bertz CT molecular complexity index is 1310. The molecule has 1 heterocycles. The van der Waals surface area contributed by atoms with Crippen molar-refractivity contribution in [2.45, 2.75) is 19.8 Å². The van der Waals surface area contributed by atoms with Crippen LogP contribution >= 0.6 is 23.2 Å². The minimum atomic E-state index is -0.617. The number of carbonyl (C=O) groups excluding carboxylic acids is 3. The Hall–Kier alpha value is -3.61. The molecule has 3 aromatic rings. The smallest absolute Gasteiger partial charge is 0.283 e. The molecule has 1 aliphatic heterocycles. The molecular formula is C27H23Cl2N3O3. The lowest BCUT2D eigenvalue weighted by molar-refractivity contribution is -0.121. The molecule has 0 unspecified atom stereocenters. The van der Waals surface area contributed by atoms with Gasteiger partial charge in [-0.2, -0.15) is 0 Å². The summed E-state index contributed by atoms with van der Waals surface area (Å²) in [6.07, 6.45) is 1.00. The van der Waals surface area contributed by atoms with Crippen molar-refractivity contribution in [3.8, 4) is 0 Å². The van der Waals surface area contributed by atoms with Gasteiger partial charge in [-0.15, -0.1) is 0 Å². The van der Waals surface area contributed by atoms with E-state index in [1.165, 1.54) is 5.56 Å². The first kappa shape index (κ1) is 24.5. The largest absolute Gasteiger partial charge is 0.355 e. The maximum Gasteiger partial charge on any atom is 0.283 e. The molecule has 3 amide bonds. The zero-order chi connectivity index (χ0) is 24.9. The van der Waals surface area contributed by atoms with E-state index < -0.39 is 11.8 Å². The first-order valence-corrected chi connectivity index (χ1v) is 11.8. The van der Waals surface area contributed by atoms with Crippen LogP contribution in [0.5, 0.6) is 0 Å². The predicted octanol–water partition coefficient (Wildman–Crippen LogP) is 4.99. The zero-order valence-corrected chi connectivity index (χ0v) is 20.5. The van der Waals surface area contributed by atoms with Crippen molar-refractivity contribution in [3.63, 3.8) is 0 Å². The lowest BCUT2D eigenvalue weighted by Gasteiger charge is -2.18. The van der Waals surface area contributed by atoms with Crippen LogP contribution in [-0.4, -0.2) is 24.3 Å². The van der Waals surface area contributed by atoms with Crippen LogP contribution < -0.4 is 15.5 Å². The summed E-state index contributed by atoms with van der Waals surface area (Å²) in [6, 6.07) is 22.0. The lowest BCUT2D eigenvalue weighted by Crippen LogP contribution is -2.32. The second kappa shape index (κ2) is 10.8. The molecule has 0 radical (unpaired) electrons. The van der Waals surface area contributed by atoms with Gasteiger partial charge >= 0.3 is 0 Å². The highest BCUT2D eigenvalue weighted by atomic mass is 35.5. The zero-order valence-electron chi connectivity index (χ0n) is 19.0. The fraction of sp³-hybridized carbons (Fsp3) is 0.148. The second-order valence-electron chi connectivity index (χ2n) is 8.10. The molecule has 8 heteroatoms. The highest BCUT2D eigenvalue weighted by Crippen LogP contribution is 2.34. The predicted molar refractivity (Wildman–Crippen MR) is 138 cm³/mol. The number of carbonyl (C=O) groups is 3. The van der Waals surface area contributed by atoms with Gasteiger partial charge in [0.25, 0.3) is 11.8 Å². The molecule has 0 bridgehead atoms. The van der Waals surface area contributed by atoms with E-state index in [0.29, 0.717) is 28.5 Å². The van der Waals surface area contributed by atoms with E-state index >= 15 is 0 Å². The number of benzene rings is 3. The summed E-state index contributed by atoms with van der Waals surface area (Å²) in [5, 5.41) is 6.11. The Labute approximate surface area is 213 Å². The second-order valence-corrected chi connectivity index (χ2v) is 8.89. The van der Waals surface area contributed by atoms with E-state index in [9.17, 15) is 14.4 Å². The van der Waals surface area contributed by atoms with Gasteiger partial charge in [0.2, 0.25) is 5.91 Å². The van der Waals surface area contributed by atoms with Crippen LogP contribution in [0.2, 0.25) is 5.02 Å². The van der Waals surface area contributed by atoms with Crippen LogP contribution in [0.15, 0.2) is 83.5 Å². The van der Waals surface area contributed by atoms with Gasteiger partial charge in [0.05, 0.1) is 12.1 Å². The summed E-state index contributed by atoms with van der Waals surface area (Å²) >= 11 is 12.4. The maximum absolute atomic E-state index is 13.0. The monoisotopic (exact) mass is 507 g/mol. The van der Waals surface area contributed by atoms with Crippen molar-refractivity contribution in [2.24, 2.45) is 0 Å². The van der Waals surface area contributed by atoms with Crippen molar-refractivity contribution < 1.29 is 14.4 Å². The molecule has 0 saturated carbocycles. The lowest BCUT2D eigenvalue weighted by atomic mass is 10.1. The van der Waals surface area contributed by atoms with Crippen LogP contribution in [0.3, 0.4) is 0 Å². The minimum absolute atomic E-state index is 0.0116. The van der Waals surface area contributed by atoms with E-state index in [2.05, 4.69) is 10.6 Å². The number of hydrogen-bond acceptors (Lipinski definition) is 4. The quantitative estimate of drug-likeness (QED) is 0.421. The third-order valence-corrected chi connectivity index (χ3v) is 6.43. The number of amides is 3. The molecule has 4 rings (SSSR count). The van der Waals surface area contributed by atoms with Gasteiger partial charge in [0.1, 0.15) is 10.7 Å². The molecule has 1 aliphatic rings. The number of rotatable bonds is 8. The fourth-order valence-electron chi connectivity index (χ4n) is 3.76. The van der Waals surface area contributed by atoms with Gasteiger partial charge < -0.3 is 10.6 Å². The summed E-state index contributed by atoms with van der Waals surface area (Å²) in [5.41, 5.74) is 3.53. The van der Waals surface area contributed by atoms with E-state index in [0.717, 1.165) is 16.9 Å². The fourth-order valence-corrected chi connectivity index (χ4v) is 4.14. The van der Waals surface area contributed by atoms with Crippen molar-refractivity contribution in [1.29, 1.82) is 0 Å². The highest BCUT2D eigenvalue weighted by Gasteiger charge is 2.39. The number of nitrogens with one attached hydrogen (secondary N) is 2. The summed E-state index contributed by atoms with van der Waals surface area (Å²) < 4.78 is 0. The Morgan fingerprint density at radius 1 is 0.857 bits per heavy atom. The Balaban J connectivity index is 1.36. The number of nitrogens with zero attached hydrogens (tertiary/aromatic N) is 1. The summed E-state index contributed by atoms with van der Waals surface area (Å²) in [5.74, 6) is -1.25. The minimum Gasteiger partial charge on any atom is -0.355 e. The van der Waals surface area contributed by atoms with Crippen LogP contribution in [0, 0.1) is 6.92 Å². The Kier molecular flexibility index (Phi) is 7.54. The first-order valence-electron chi connectivity index (χ1n) is 11.1. The van der Waals surface area contributed by atoms with E-state index in [1.807, 2.05) is 30.3 Å². The van der Waals surface area contributed by atoms with E-state index in [-0.39, 0.29) is 23.1 Å². The molecule has 0 aromatic heterocycles. The Morgan fingerprint density at radius 2 is 1.57 bits per heavy atom. The molecule has 0 saturated heterocycles. The normalized spacial score (nSPS) is 13.4. The highest BCUT2D eigenvalue weighted by molar-refractivity contribution is 6.53. The molecule has 0 spiro atoms. The van der Waals surface area contributed by atoms with Crippen LogP contribution in [0.1, 0.15) is 16.7 Å². The van der Waals surface area contributed by atoms with E-state index in [4.69, 9.17) is 23.2 Å². The number of halogens is 2. The molecule has 2 N–H and O–H groups in total. The van der Waals surface area contributed by atoms with Crippen molar-refractivity contribution in [1.82, 2.24) is 5.32 Å². The number of anilines is 2. The molecule has 35 heavy (non-hydrogen) atoms. The standard InChI is InChI=1S/C27H23Cl2N3O3/c1-17-21(28)8-5-9-22(17)32-26(34)24(29)25(27(32)35)31-20-12-10-19(11-13-20)16-23(33)30-15-14-18-6-3-2-4-7-18/h2-13,31H,14-16H2,1H3,(H,30,33). The van der Waals surface area contributed by atoms with Gasteiger partial charge in [-0.1, -0.05) is 71.7 Å². The molecule has 0 atom stereocenters. The third kappa shape index (κ3) is 5.56. The average Bonchev–Trinajstić information content (AvgIpc) is 3.06. The van der Waals surface area contributed by atoms with Crippen LogP contribution in [0.4, 0.5) is 11.4 Å². The summed E-state index contributed by atoms with van der Waals surface area (Å²) in [7, 11) is 0. The molecule has 6 nitrogen and oxygen atoms in total. The van der Waals surface area contributed by atoms with Crippen molar-refractivity contribution in [2.75, 3.05) is 16.8 Å². The summed E-state index contributed by atoms with van der Waals surface area (Å²) in [4.78, 5) is 39.0. The van der Waals surface area contributed by atoms with Gasteiger partial charge in [0, 0.05) is 17.3 Å². The van der Waals surface area contributed by atoms with Gasteiger partial charge in [-0.3, -0.25) is 14.4 Å². The van der Waals surface area contributed by atoms with Crippen molar-refractivity contribution >= 4 is 52.3 Å². The SMILES string of the molecule is Cc1c(Cl)cccc1N1C(=O)C(Cl)=C(Nc2ccc(CC(=O)NCCc3ccccc3)cc2)C1=O. The van der Waals surface area contributed by atoms with Gasteiger partial charge in [-0.25, -0.2) is 4.90 Å². The molecule has 0 fully saturated rings. The van der Waals surface area contributed by atoms with Crippen LogP contribution in [0.25, 0.3) is 0 Å². The number of hydrogen-bond donors (Lipinski definition) is 2. The first-order chi connectivity index (χ1) is 16.8. The third-order valence-electron chi connectivity index (χ3n) is 5.67. The van der Waals surface area contributed by atoms with Crippen LogP contribution in [-0.2, 0) is 27.2 Å². The molecule has 178 valence electrons. The molecule has 0 aliphatic carbocycles. The maximum atomic E-state index is 13.0. The van der Waals surface area contributed by atoms with Gasteiger partial charge in [0.15, 0.2) is 0 Å². The molecular weight excluding hydrogens is 485 g/mol. The summed E-state index contributed by atoms with van der Waals surface area (Å²) in [6.45, 7) is 2.29. The average molecular weight is 508 g/mol. The molecule has 3 aromatic carbocycles. The van der Waals surface area contributed by atoms with Gasteiger partial charge in [-0.05, 0) is 54.3 Å². The van der Waals surface area contributed by atoms with Crippen molar-refractivity contribution in [3.05, 3.63) is 105 Å². The Morgan fingerprint density at radius 3 is 2.29 bits per heavy atom. The number of imide groups is 1. The topological polar surface area (TPSA) is 78.5 Å². The van der Waals surface area contributed by atoms with E-state index in [1.54, 1.807) is 49.4 Å².